The summed E-state index contributed by atoms with van der Waals surface area (Å²) in [5.41, 5.74) is 1.25. The Balaban J connectivity index is 2.32. The van der Waals surface area contributed by atoms with E-state index in [1.807, 2.05) is 42.5 Å². The van der Waals surface area contributed by atoms with Crippen molar-refractivity contribution in [2.75, 3.05) is 0 Å². The Kier molecular flexibility index (Phi) is 4.71. The molecule has 3 rings (SSSR count). The van der Waals surface area contributed by atoms with E-state index in [4.69, 9.17) is 46.4 Å². The molecule has 1 atom stereocenters. The monoisotopic (exact) mass is 379 g/mol. The van der Waals surface area contributed by atoms with Gasteiger partial charge in [-0.05, 0) is 22.4 Å². The smallest absolute Gasteiger partial charge is 0.0998 e. The minimum Gasteiger partial charge on any atom is -0.197 e. The fourth-order valence-electron chi connectivity index (χ4n) is 2.64. The normalized spacial score (nSPS) is 12.1. The maximum Gasteiger partial charge on any atom is 0.0998 e. The third-order valence-electron chi connectivity index (χ3n) is 3.70. The molecule has 0 radical (unpaired) electrons. The molecule has 5 heteroatoms. The van der Waals surface area contributed by atoms with Crippen LogP contribution in [0.4, 0.5) is 0 Å². The summed E-state index contributed by atoms with van der Waals surface area (Å²) in [6, 6.07) is 17.4. The van der Waals surface area contributed by atoms with Crippen molar-refractivity contribution >= 4 is 57.2 Å². The lowest BCUT2D eigenvalue weighted by Crippen LogP contribution is -2.02. The summed E-state index contributed by atoms with van der Waals surface area (Å²) in [5, 5.41) is 12.8. The molecule has 0 heterocycles. The summed E-state index contributed by atoms with van der Waals surface area (Å²) in [6.07, 6.45) is 0. The van der Waals surface area contributed by atoms with Crippen molar-refractivity contribution in [3.63, 3.8) is 0 Å². The van der Waals surface area contributed by atoms with Crippen LogP contribution in [0.5, 0.6) is 0 Å². The van der Waals surface area contributed by atoms with Gasteiger partial charge in [-0.3, -0.25) is 0 Å². The molecule has 0 spiro atoms. The summed E-state index contributed by atoms with van der Waals surface area (Å²) < 4.78 is 0. The number of hydrogen-bond acceptors (Lipinski definition) is 1. The first-order valence-corrected chi connectivity index (χ1v) is 8.26. The molecule has 0 saturated carbocycles. The number of nitriles is 1. The third kappa shape index (κ3) is 2.89. The average molecular weight is 381 g/mol. The van der Waals surface area contributed by atoms with Gasteiger partial charge in [0, 0.05) is 5.56 Å². The average Bonchev–Trinajstić information content (AvgIpc) is 2.56. The van der Waals surface area contributed by atoms with Crippen LogP contribution >= 0.6 is 46.4 Å². The van der Waals surface area contributed by atoms with Gasteiger partial charge < -0.3 is 0 Å². The molecule has 1 nitrogen and oxygen atoms in total. The van der Waals surface area contributed by atoms with E-state index in [0.29, 0.717) is 5.56 Å². The van der Waals surface area contributed by atoms with E-state index in [1.165, 1.54) is 6.07 Å². The lowest BCUT2D eigenvalue weighted by molar-refractivity contribution is 1.05. The number of nitrogens with zero attached hydrogens (tertiary/aromatic N) is 1. The number of rotatable bonds is 2. The van der Waals surface area contributed by atoms with Gasteiger partial charge in [0.2, 0.25) is 0 Å². The first kappa shape index (κ1) is 16.4. The Morgan fingerprint density at radius 2 is 1.43 bits per heavy atom. The molecule has 0 aliphatic carbocycles. The summed E-state index contributed by atoms with van der Waals surface area (Å²) >= 11 is 24.9. The summed E-state index contributed by atoms with van der Waals surface area (Å²) in [6.45, 7) is 0. The van der Waals surface area contributed by atoms with Crippen molar-refractivity contribution in [3.05, 3.63) is 79.7 Å². The lowest BCUT2D eigenvalue weighted by atomic mass is 9.89. The molecule has 3 aromatic carbocycles. The molecule has 23 heavy (non-hydrogen) atoms. The highest BCUT2D eigenvalue weighted by Gasteiger charge is 2.25. The molecule has 114 valence electrons. The number of fused-ring (bicyclic) bond motifs is 1. The Labute approximate surface area is 154 Å². The van der Waals surface area contributed by atoms with Gasteiger partial charge in [0.1, 0.15) is 0 Å². The Morgan fingerprint density at radius 3 is 2.09 bits per heavy atom. The minimum atomic E-state index is -0.669. The van der Waals surface area contributed by atoms with Crippen LogP contribution in [0.25, 0.3) is 10.8 Å². The van der Waals surface area contributed by atoms with Gasteiger partial charge in [0.05, 0.1) is 32.1 Å². The number of benzene rings is 3. The van der Waals surface area contributed by atoms with Crippen LogP contribution in [0.1, 0.15) is 17.0 Å². The van der Waals surface area contributed by atoms with E-state index in [0.717, 1.165) is 16.3 Å². The SMILES string of the molecule is N#CC(c1c(Cl)c(Cl)cc(Cl)c1Cl)c1cccc2ccccc12. The molecule has 0 aliphatic rings. The van der Waals surface area contributed by atoms with E-state index < -0.39 is 5.92 Å². The second-order valence-electron chi connectivity index (χ2n) is 5.01. The number of hydrogen-bond donors (Lipinski definition) is 0. The summed E-state index contributed by atoms with van der Waals surface area (Å²) in [7, 11) is 0. The molecule has 0 fully saturated rings. The van der Waals surface area contributed by atoms with Crippen LogP contribution in [-0.4, -0.2) is 0 Å². The predicted molar refractivity (Wildman–Crippen MR) is 97.9 cm³/mol. The van der Waals surface area contributed by atoms with Gasteiger partial charge in [-0.15, -0.1) is 0 Å². The summed E-state index contributed by atoms with van der Waals surface area (Å²) in [4.78, 5) is 0. The van der Waals surface area contributed by atoms with Gasteiger partial charge in [0.25, 0.3) is 0 Å². The molecule has 0 amide bonds. The topological polar surface area (TPSA) is 23.8 Å². The zero-order chi connectivity index (χ0) is 16.6. The fourth-order valence-corrected chi connectivity index (χ4v) is 3.68. The van der Waals surface area contributed by atoms with Gasteiger partial charge >= 0.3 is 0 Å². The van der Waals surface area contributed by atoms with Crippen LogP contribution in [-0.2, 0) is 0 Å². The van der Waals surface area contributed by atoms with Gasteiger partial charge in [0.15, 0.2) is 0 Å². The van der Waals surface area contributed by atoms with Gasteiger partial charge in [-0.1, -0.05) is 88.9 Å². The quantitative estimate of drug-likeness (QED) is 0.434. The van der Waals surface area contributed by atoms with E-state index in [-0.39, 0.29) is 20.1 Å². The minimum absolute atomic E-state index is 0.251. The zero-order valence-corrected chi connectivity index (χ0v) is 14.7. The van der Waals surface area contributed by atoms with Crippen LogP contribution < -0.4 is 0 Å². The van der Waals surface area contributed by atoms with Crippen molar-refractivity contribution in [2.45, 2.75) is 5.92 Å². The second kappa shape index (κ2) is 6.59. The second-order valence-corrected chi connectivity index (χ2v) is 6.58. The summed E-state index contributed by atoms with van der Waals surface area (Å²) in [5.74, 6) is -0.669. The van der Waals surface area contributed by atoms with Crippen molar-refractivity contribution in [1.82, 2.24) is 0 Å². The van der Waals surface area contributed by atoms with Crippen LogP contribution in [0.2, 0.25) is 20.1 Å². The van der Waals surface area contributed by atoms with Gasteiger partial charge in [-0.25, -0.2) is 0 Å². The predicted octanol–water partition coefficient (Wildman–Crippen LogP) is 7.11. The molecule has 3 aromatic rings. The van der Waals surface area contributed by atoms with Crippen LogP contribution in [0.15, 0.2) is 48.5 Å². The van der Waals surface area contributed by atoms with Crippen molar-refractivity contribution in [1.29, 1.82) is 5.26 Å². The molecule has 0 aromatic heterocycles. The van der Waals surface area contributed by atoms with Crippen LogP contribution in [0.3, 0.4) is 0 Å². The molecule has 0 saturated heterocycles. The highest BCUT2D eigenvalue weighted by Crippen LogP contribution is 2.44. The van der Waals surface area contributed by atoms with Crippen molar-refractivity contribution in [3.8, 4) is 6.07 Å². The van der Waals surface area contributed by atoms with E-state index in [2.05, 4.69) is 6.07 Å². The Morgan fingerprint density at radius 1 is 0.826 bits per heavy atom. The highest BCUT2D eigenvalue weighted by molar-refractivity contribution is 6.48. The molecule has 0 aliphatic heterocycles. The van der Waals surface area contributed by atoms with Crippen LogP contribution in [0, 0.1) is 11.3 Å². The standard InChI is InChI=1S/C18H9Cl4N/c19-14-8-15(20)18(22)16(17(14)21)13(9-23)12-7-3-5-10-4-1-2-6-11(10)12/h1-8,13H. The fraction of sp³-hybridized carbons (Fsp3) is 0.0556. The Bertz CT molecular complexity index is 912. The first-order valence-electron chi connectivity index (χ1n) is 6.74. The van der Waals surface area contributed by atoms with Gasteiger partial charge in [-0.2, -0.15) is 5.26 Å². The van der Waals surface area contributed by atoms with Crippen molar-refractivity contribution < 1.29 is 0 Å². The molecule has 0 bridgehead atoms. The highest BCUT2D eigenvalue weighted by atomic mass is 35.5. The molecular formula is C18H9Cl4N. The third-order valence-corrected chi connectivity index (χ3v) is 5.30. The number of halogens is 4. The zero-order valence-electron chi connectivity index (χ0n) is 11.7. The lowest BCUT2D eigenvalue weighted by Gasteiger charge is -2.17. The van der Waals surface area contributed by atoms with E-state index in [1.54, 1.807) is 0 Å². The first-order chi connectivity index (χ1) is 11.0. The molecule has 1 unspecified atom stereocenters. The largest absolute Gasteiger partial charge is 0.197 e. The Hall–Kier alpha value is -1.43. The van der Waals surface area contributed by atoms with Crippen molar-refractivity contribution in [2.24, 2.45) is 0 Å². The molecular weight excluding hydrogens is 372 g/mol. The molecule has 0 N–H and O–H groups in total. The maximum absolute atomic E-state index is 9.77. The van der Waals surface area contributed by atoms with E-state index in [9.17, 15) is 5.26 Å². The maximum atomic E-state index is 9.77. The van der Waals surface area contributed by atoms with E-state index >= 15 is 0 Å².